The zero-order valence-electron chi connectivity index (χ0n) is 7.13. The second kappa shape index (κ2) is 5.37. The van der Waals surface area contributed by atoms with Gasteiger partial charge in [-0.05, 0) is 6.26 Å². The molecule has 1 heterocycles. The van der Waals surface area contributed by atoms with Crippen LogP contribution in [0, 0.1) is 0 Å². The maximum Gasteiger partial charge on any atom is 0.213 e. The van der Waals surface area contributed by atoms with Crippen LogP contribution in [-0.2, 0) is 4.74 Å². The molecule has 0 fully saturated rings. The molecule has 0 bridgehead atoms. The molecule has 4 heteroatoms. The standard InChI is InChI=1S/C7H14NOS.HI/c1-8-5-6(9-2)4-7(8)10-3;/h6H,4-5H2,1-3H3;1H/q+1;/p-1/t6-;/m1./s1. The van der Waals surface area contributed by atoms with Gasteiger partial charge in [-0.25, -0.2) is 4.58 Å². The van der Waals surface area contributed by atoms with E-state index in [4.69, 9.17) is 4.74 Å². The second-order valence-corrected chi connectivity index (χ2v) is 3.42. The monoisotopic (exact) mass is 287 g/mol. The van der Waals surface area contributed by atoms with Gasteiger partial charge in [0.2, 0.25) is 5.04 Å². The Morgan fingerprint density at radius 3 is 2.55 bits per heavy atom. The topological polar surface area (TPSA) is 12.2 Å². The highest BCUT2D eigenvalue weighted by molar-refractivity contribution is 8.13. The number of likely N-dealkylation sites (N-methyl/N-ethyl adjacent to an activating group) is 1. The highest BCUT2D eigenvalue weighted by atomic mass is 127. The van der Waals surface area contributed by atoms with Crippen LogP contribution in [0.1, 0.15) is 6.42 Å². The SMILES string of the molecule is CO[C@@H]1CC(SC)=[N+](C)C1.[I-]. The van der Waals surface area contributed by atoms with Crippen LogP contribution in [0.5, 0.6) is 0 Å². The van der Waals surface area contributed by atoms with E-state index >= 15 is 0 Å². The fourth-order valence-corrected chi connectivity index (χ4v) is 1.96. The van der Waals surface area contributed by atoms with E-state index < -0.39 is 0 Å². The van der Waals surface area contributed by atoms with Gasteiger partial charge in [0.1, 0.15) is 13.2 Å². The third-order valence-corrected chi connectivity index (χ3v) is 2.82. The molecule has 0 amide bonds. The van der Waals surface area contributed by atoms with E-state index in [9.17, 15) is 0 Å². The summed E-state index contributed by atoms with van der Waals surface area (Å²) in [7, 11) is 3.90. The summed E-state index contributed by atoms with van der Waals surface area (Å²) in [6.45, 7) is 1.05. The van der Waals surface area contributed by atoms with Crippen molar-refractivity contribution in [2.24, 2.45) is 0 Å². The number of rotatable bonds is 1. The molecular formula is C7H14INOS. The molecule has 0 N–H and O–H groups in total. The second-order valence-electron chi connectivity index (χ2n) is 2.54. The van der Waals surface area contributed by atoms with Gasteiger partial charge < -0.3 is 28.7 Å². The summed E-state index contributed by atoms with van der Waals surface area (Å²) in [6.07, 6.45) is 3.63. The lowest BCUT2D eigenvalue weighted by Gasteiger charge is -1.99. The molecule has 0 unspecified atom stereocenters. The summed E-state index contributed by atoms with van der Waals surface area (Å²) in [5.74, 6) is 0. The predicted octanol–water partition coefficient (Wildman–Crippen LogP) is -2.19. The van der Waals surface area contributed by atoms with Gasteiger partial charge in [-0.3, -0.25) is 0 Å². The van der Waals surface area contributed by atoms with Crippen molar-refractivity contribution in [2.75, 3.05) is 27.0 Å². The maximum absolute atomic E-state index is 5.24. The largest absolute Gasteiger partial charge is 1.00 e. The van der Waals surface area contributed by atoms with E-state index in [1.807, 2.05) is 11.8 Å². The first-order valence-electron chi connectivity index (χ1n) is 3.41. The average Bonchev–Trinajstić information content (AvgIpc) is 2.30. The van der Waals surface area contributed by atoms with Crippen molar-refractivity contribution in [3.05, 3.63) is 0 Å². The van der Waals surface area contributed by atoms with E-state index in [2.05, 4.69) is 17.9 Å². The van der Waals surface area contributed by atoms with Crippen LogP contribution in [0.2, 0.25) is 0 Å². The van der Waals surface area contributed by atoms with Crippen LogP contribution in [0.3, 0.4) is 0 Å². The Bertz CT molecular complexity index is 161. The fourth-order valence-electron chi connectivity index (χ4n) is 1.22. The molecule has 0 aromatic heterocycles. The minimum absolute atomic E-state index is 0. The van der Waals surface area contributed by atoms with Gasteiger partial charge in [0.25, 0.3) is 0 Å². The van der Waals surface area contributed by atoms with Gasteiger partial charge in [0, 0.05) is 7.11 Å². The Kier molecular flexibility index (Phi) is 5.72. The van der Waals surface area contributed by atoms with Gasteiger partial charge in [-0.1, -0.05) is 11.8 Å². The Morgan fingerprint density at radius 2 is 2.27 bits per heavy atom. The number of hydrogen-bond acceptors (Lipinski definition) is 2. The van der Waals surface area contributed by atoms with Crippen molar-refractivity contribution >= 4 is 16.8 Å². The average molecular weight is 287 g/mol. The van der Waals surface area contributed by atoms with Gasteiger partial charge in [-0.2, -0.15) is 0 Å². The highest BCUT2D eigenvalue weighted by Crippen LogP contribution is 2.14. The van der Waals surface area contributed by atoms with Crippen LogP contribution in [0.25, 0.3) is 0 Å². The molecule has 66 valence electrons. The van der Waals surface area contributed by atoms with E-state index in [0.717, 1.165) is 13.0 Å². The third-order valence-electron chi connectivity index (χ3n) is 1.87. The lowest BCUT2D eigenvalue weighted by atomic mass is 10.3. The quantitative estimate of drug-likeness (QED) is 0.401. The summed E-state index contributed by atoms with van der Waals surface area (Å²) >= 11 is 1.82. The minimum atomic E-state index is 0. The molecule has 1 aliphatic rings. The van der Waals surface area contributed by atoms with E-state index in [-0.39, 0.29) is 24.0 Å². The maximum atomic E-state index is 5.24. The van der Waals surface area contributed by atoms with Crippen molar-refractivity contribution in [3.8, 4) is 0 Å². The molecule has 0 saturated heterocycles. The first kappa shape index (κ1) is 11.7. The molecular weight excluding hydrogens is 273 g/mol. The molecule has 1 aliphatic heterocycles. The van der Waals surface area contributed by atoms with Gasteiger partial charge in [0.15, 0.2) is 6.54 Å². The fraction of sp³-hybridized carbons (Fsp3) is 0.857. The van der Waals surface area contributed by atoms with Crippen LogP contribution in [0.4, 0.5) is 0 Å². The van der Waals surface area contributed by atoms with E-state index in [1.165, 1.54) is 5.04 Å². The molecule has 0 aliphatic carbocycles. The van der Waals surface area contributed by atoms with Crippen LogP contribution >= 0.6 is 11.8 Å². The third kappa shape index (κ3) is 2.91. The molecule has 2 nitrogen and oxygen atoms in total. The Morgan fingerprint density at radius 1 is 1.64 bits per heavy atom. The van der Waals surface area contributed by atoms with Gasteiger partial charge >= 0.3 is 0 Å². The Hall–Kier alpha value is 0.710. The van der Waals surface area contributed by atoms with Gasteiger partial charge in [-0.15, -0.1) is 0 Å². The summed E-state index contributed by atoms with van der Waals surface area (Å²) < 4.78 is 7.50. The number of halogens is 1. The number of ether oxygens (including phenoxy) is 1. The van der Waals surface area contributed by atoms with E-state index in [1.54, 1.807) is 7.11 Å². The Balaban J connectivity index is 0.000001000. The molecule has 0 radical (unpaired) electrons. The molecule has 0 saturated carbocycles. The molecule has 11 heavy (non-hydrogen) atoms. The summed E-state index contributed by atoms with van der Waals surface area (Å²) in [5, 5.41) is 1.44. The number of hydrogen-bond donors (Lipinski definition) is 0. The normalized spacial score (nSPS) is 23.7. The molecule has 1 rings (SSSR count). The molecule has 1 atom stereocenters. The summed E-state index contributed by atoms with van der Waals surface area (Å²) in [6, 6.07) is 0. The predicted molar refractivity (Wildman–Crippen MR) is 45.0 cm³/mol. The lowest BCUT2D eigenvalue weighted by Crippen LogP contribution is -3.00. The van der Waals surface area contributed by atoms with Crippen LogP contribution in [-0.4, -0.2) is 42.7 Å². The smallest absolute Gasteiger partial charge is 0.213 e. The summed E-state index contributed by atoms with van der Waals surface area (Å²) in [4.78, 5) is 0. The number of thioether (sulfide) groups is 1. The van der Waals surface area contributed by atoms with Crippen molar-refractivity contribution in [2.45, 2.75) is 12.5 Å². The van der Waals surface area contributed by atoms with Crippen molar-refractivity contribution in [1.82, 2.24) is 0 Å². The highest BCUT2D eigenvalue weighted by Gasteiger charge is 2.27. The van der Waals surface area contributed by atoms with Crippen molar-refractivity contribution in [3.63, 3.8) is 0 Å². The first-order chi connectivity index (χ1) is 4.77. The number of methoxy groups -OCH3 is 1. The molecule has 0 aromatic rings. The zero-order valence-corrected chi connectivity index (χ0v) is 10.1. The van der Waals surface area contributed by atoms with Gasteiger partial charge in [0.05, 0.1) is 6.42 Å². The lowest BCUT2D eigenvalue weighted by molar-refractivity contribution is -0.493. The van der Waals surface area contributed by atoms with Crippen LogP contribution in [0.15, 0.2) is 0 Å². The molecule has 0 aromatic carbocycles. The summed E-state index contributed by atoms with van der Waals surface area (Å²) in [5.41, 5.74) is 0. The van der Waals surface area contributed by atoms with Crippen molar-refractivity contribution in [1.29, 1.82) is 0 Å². The zero-order chi connectivity index (χ0) is 7.56. The van der Waals surface area contributed by atoms with Crippen molar-refractivity contribution < 1.29 is 33.3 Å². The minimum Gasteiger partial charge on any atom is -1.00 e. The number of nitrogens with zero attached hydrogens (tertiary/aromatic N) is 1. The first-order valence-corrected chi connectivity index (χ1v) is 4.64. The van der Waals surface area contributed by atoms with E-state index in [0.29, 0.717) is 6.10 Å². The van der Waals surface area contributed by atoms with Crippen LogP contribution < -0.4 is 24.0 Å². The molecule has 0 spiro atoms. The Labute approximate surface area is 89.4 Å².